The number of carboxylic acids is 1. The highest BCUT2D eigenvalue weighted by molar-refractivity contribution is 5.91. The summed E-state index contributed by atoms with van der Waals surface area (Å²) in [7, 11) is 1.29. The monoisotopic (exact) mass is 267 g/mol. The van der Waals surface area contributed by atoms with Gasteiger partial charge in [-0.05, 0) is 18.1 Å². The van der Waals surface area contributed by atoms with E-state index in [0.29, 0.717) is 12.0 Å². The number of benzene rings is 1. The number of carbonyl (C=O) groups excluding carboxylic acids is 1. The molecule has 0 saturated heterocycles. The molecule has 2 N–H and O–H groups in total. The van der Waals surface area contributed by atoms with Crippen LogP contribution in [0, 0.1) is 0 Å². The number of hydroxylamine groups is 2. The van der Waals surface area contributed by atoms with E-state index in [1.807, 2.05) is 13.0 Å². The smallest absolute Gasteiger partial charge is 0.357 e. The highest BCUT2D eigenvalue weighted by Gasteiger charge is 2.25. The Bertz CT molecular complexity index is 460. The Morgan fingerprint density at radius 2 is 2.00 bits per heavy atom. The summed E-state index contributed by atoms with van der Waals surface area (Å²) in [6, 6.07) is 5.66. The molecule has 104 valence electrons. The zero-order valence-corrected chi connectivity index (χ0v) is 10.9. The molecule has 0 aliphatic carbocycles. The van der Waals surface area contributed by atoms with Crippen LogP contribution in [0.4, 0.5) is 0 Å². The van der Waals surface area contributed by atoms with E-state index in [2.05, 4.69) is 0 Å². The average molecular weight is 267 g/mol. The van der Waals surface area contributed by atoms with E-state index < -0.39 is 24.6 Å². The van der Waals surface area contributed by atoms with Gasteiger partial charge < -0.3 is 15.1 Å². The van der Waals surface area contributed by atoms with Crippen LogP contribution in [0.5, 0.6) is 0 Å². The van der Waals surface area contributed by atoms with Crippen molar-refractivity contribution in [1.29, 1.82) is 0 Å². The molecule has 0 radical (unpaired) electrons. The van der Waals surface area contributed by atoms with Crippen molar-refractivity contribution in [3.05, 3.63) is 35.4 Å². The first-order valence-electron chi connectivity index (χ1n) is 5.88. The number of rotatable bonds is 6. The lowest BCUT2D eigenvalue weighted by Crippen LogP contribution is -2.42. The normalized spacial score (nSPS) is 12.2. The highest BCUT2D eigenvalue weighted by atomic mass is 16.7. The number of aliphatic hydroxyl groups excluding tert-OH is 1. The molecule has 0 saturated carbocycles. The van der Waals surface area contributed by atoms with Gasteiger partial charge in [0.25, 0.3) is 0 Å². The number of aryl methyl sites for hydroxylation is 1. The first-order valence-corrected chi connectivity index (χ1v) is 5.88. The van der Waals surface area contributed by atoms with Crippen molar-refractivity contribution < 1.29 is 24.6 Å². The predicted octanol–water partition coefficient (Wildman–Crippen LogP) is 0.698. The number of carbonyl (C=O) groups is 2. The predicted molar refractivity (Wildman–Crippen MR) is 67.5 cm³/mol. The minimum atomic E-state index is -1.28. The molecule has 0 amide bonds. The van der Waals surface area contributed by atoms with Gasteiger partial charge in [-0.2, -0.15) is 0 Å². The fraction of sp³-hybridized carbons (Fsp3) is 0.385. The highest BCUT2D eigenvalue weighted by Crippen LogP contribution is 2.12. The van der Waals surface area contributed by atoms with Gasteiger partial charge in [0, 0.05) is 7.05 Å². The number of carboxylic acid groups (broad SMARTS) is 1. The van der Waals surface area contributed by atoms with Crippen molar-refractivity contribution in [2.45, 2.75) is 19.4 Å². The molecule has 0 aliphatic heterocycles. The van der Waals surface area contributed by atoms with Crippen LogP contribution >= 0.6 is 0 Å². The Morgan fingerprint density at radius 3 is 2.53 bits per heavy atom. The Morgan fingerprint density at radius 1 is 1.37 bits per heavy atom. The molecule has 0 heterocycles. The summed E-state index contributed by atoms with van der Waals surface area (Å²) < 4.78 is 0. The maximum absolute atomic E-state index is 11.9. The zero-order chi connectivity index (χ0) is 14.4. The van der Waals surface area contributed by atoms with Gasteiger partial charge in [-0.3, -0.25) is 4.79 Å². The van der Waals surface area contributed by atoms with Crippen molar-refractivity contribution in [2.24, 2.45) is 0 Å². The van der Waals surface area contributed by atoms with Crippen LogP contribution in [0.15, 0.2) is 24.3 Å². The molecule has 0 fully saturated rings. The molecule has 1 atom stereocenters. The Hall–Kier alpha value is -1.92. The van der Waals surface area contributed by atoms with Gasteiger partial charge in [0.15, 0.2) is 6.04 Å². The third kappa shape index (κ3) is 3.77. The molecule has 0 aliphatic rings. The van der Waals surface area contributed by atoms with Crippen molar-refractivity contribution >= 4 is 11.9 Å². The van der Waals surface area contributed by atoms with E-state index in [1.54, 1.807) is 18.2 Å². The molecule has 1 aromatic rings. The summed E-state index contributed by atoms with van der Waals surface area (Å²) in [6.07, 6.45) is 0.664. The topological polar surface area (TPSA) is 87.1 Å². The molecule has 0 unspecified atom stereocenters. The zero-order valence-electron chi connectivity index (χ0n) is 10.9. The molecular weight excluding hydrogens is 250 g/mol. The van der Waals surface area contributed by atoms with Crippen LogP contribution in [-0.2, 0) is 16.1 Å². The quantitative estimate of drug-likeness (QED) is 0.738. The van der Waals surface area contributed by atoms with E-state index >= 15 is 0 Å². The summed E-state index contributed by atoms with van der Waals surface area (Å²) in [5, 5.41) is 18.6. The van der Waals surface area contributed by atoms with Crippen LogP contribution in [-0.4, -0.2) is 46.9 Å². The van der Waals surface area contributed by atoms with Gasteiger partial charge in [-0.1, -0.05) is 25.1 Å². The molecule has 0 aromatic heterocycles. The van der Waals surface area contributed by atoms with Gasteiger partial charge in [0.2, 0.25) is 0 Å². The van der Waals surface area contributed by atoms with Crippen LogP contribution < -0.4 is 0 Å². The lowest BCUT2D eigenvalue weighted by atomic mass is 10.1. The maximum Gasteiger partial charge on any atom is 0.357 e. The second-order valence-corrected chi connectivity index (χ2v) is 3.97. The first-order chi connectivity index (χ1) is 9.01. The number of aliphatic carboxylic acids is 1. The molecule has 1 aromatic carbocycles. The second-order valence-electron chi connectivity index (χ2n) is 3.97. The average Bonchev–Trinajstić information content (AvgIpc) is 2.38. The van der Waals surface area contributed by atoms with Gasteiger partial charge >= 0.3 is 11.9 Å². The van der Waals surface area contributed by atoms with Crippen LogP contribution in [0.25, 0.3) is 0 Å². The van der Waals surface area contributed by atoms with E-state index in [9.17, 15) is 9.59 Å². The van der Waals surface area contributed by atoms with Gasteiger partial charge in [0.05, 0.1) is 12.2 Å². The minimum absolute atomic E-state index is 0.388. The Balaban J connectivity index is 2.82. The third-order valence-corrected chi connectivity index (χ3v) is 2.74. The summed E-state index contributed by atoms with van der Waals surface area (Å²) in [6.45, 7) is 1.26. The Labute approximate surface area is 111 Å². The minimum Gasteiger partial charge on any atom is -0.480 e. The summed E-state index contributed by atoms with van der Waals surface area (Å²) in [4.78, 5) is 27.7. The summed E-state index contributed by atoms with van der Waals surface area (Å²) >= 11 is 0. The van der Waals surface area contributed by atoms with Crippen molar-refractivity contribution in [3.63, 3.8) is 0 Å². The first kappa shape index (κ1) is 15.1. The van der Waals surface area contributed by atoms with Crippen molar-refractivity contribution in [1.82, 2.24) is 5.06 Å². The number of likely N-dealkylation sites (N-methyl/N-ethyl adjacent to an activating group) is 1. The molecule has 6 nitrogen and oxygen atoms in total. The number of hydrogen-bond acceptors (Lipinski definition) is 5. The van der Waals surface area contributed by atoms with E-state index in [1.165, 1.54) is 7.05 Å². The fourth-order valence-corrected chi connectivity index (χ4v) is 1.62. The van der Waals surface area contributed by atoms with Crippen molar-refractivity contribution in [2.75, 3.05) is 13.7 Å². The molecular formula is C13H17NO5. The van der Waals surface area contributed by atoms with Crippen LogP contribution in [0.2, 0.25) is 0 Å². The fourth-order valence-electron chi connectivity index (χ4n) is 1.62. The SMILES string of the molecule is CCc1ccccc1C(=O)ON(C)[C@@H](CO)C(=O)O. The molecule has 0 spiro atoms. The van der Waals surface area contributed by atoms with Gasteiger partial charge in [-0.15, -0.1) is 5.06 Å². The number of hydrogen-bond donors (Lipinski definition) is 2. The standard InChI is InChI=1S/C13H17NO5/c1-3-9-6-4-5-7-10(9)13(18)19-14(2)11(8-15)12(16)17/h4-7,11,15H,3,8H2,1-2H3,(H,16,17)/t11-/m0/s1. The van der Waals surface area contributed by atoms with E-state index in [0.717, 1.165) is 10.6 Å². The summed E-state index contributed by atoms with van der Waals surface area (Å²) in [5.41, 5.74) is 1.20. The molecule has 19 heavy (non-hydrogen) atoms. The van der Waals surface area contributed by atoms with Crippen LogP contribution in [0.3, 0.4) is 0 Å². The van der Waals surface area contributed by atoms with Gasteiger partial charge in [-0.25, -0.2) is 4.79 Å². The van der Waals surface area contributed by atoms with E-state index in [4.69, 9.17) is 15.1 Å². The summed E-state index contributed by atoms with van der Waals surface area (Å²) in [5.74, 6) is -1.90. The maximum atomic E-state index is 11.9. The van der Waals surface area contributed by atoms with E-state index in [-0.39, 0.29) is 0 Å². The number of aliphatic hydroxyl groups is 1. The third-order valence-electron chi connectivity index (χ3n) is 2.74. The second kappa shape index (κ2) is 6.86. The molecule has 1 rings (SSSR count). The molecule has 6 heteroatoms. The van der Waals surface area contributed by atoms with Gasteiger partial charge in [0.1, 0.15) is 0 Å². The number of nitrogens with zero attached hydrogens (tertiary/aromatic N) is 1. The van der Waals surface area contributed by atoms with Crippen LogP contribution in [0.1, 0.15) is 22.8 Å². The Kier molecular flexibility index (Phi) is 5.47. The lowest BCUT2D eigenvalue weighted by molar-refractivity contribution is -0.168. The lowest BCUT2D eigenvalue weighted by Gasteiger charge is -2.21. The van der Waals surface area contributed by atoms with Crippen molar-refractivity contribution in [3.8, 4) is 0 Å². The largest absolute Gasteiger partial charge is 0.480 e. The molecule has 0 bridgehead atoms.